The first-order valence-corrected chi connectivity index (χ1v) is 11.0. The van der Waals surface area contributed by atoms with Crippen LogP contribution in [-0.4, -0.2) is 46.6 Å². The van der Waals surface area contributed by atoms with Gasteiger partial charge in [-0.25, -0.2) is 0 Å². The number of ketones is 2. The molecule has 1 N–H and O–H groups in total. The Morgan fingerprint density at radius 2 is 2.03 bits per heavy atom. The number of fused-ring (bicyclic) bond motifs is 3. The Morgan fingerprint density at radius 3 is 2.73 bits per heavy atom. The Balaban J connectivity index is 1.53. The third-order valence-electron chi connectivity index (χ3n) is 9.31. The van der Waals surface area contributed by atoms with Gasteiger partial charge in [0.25, 0.3) is 0 Å². The first-order valence-electron chi connectivity index (χ1n) is 11.0. The van der Waals surface area contributed by atoms with Gasteiger partial charge >= 0.3 is 5.97 Å². The van der Waals surface area contributed by atoms with E-state index < -0.39 is 29.4 Å². The van der Waals surface area contributed by atoms with Crippen LogP contribution in [0.2, 0.25) is 0 Å². The lowest BCUT2D eigenvalue weighted by Crippen LogP contribution is -2.62. The molecule has 162 valence electrons. The van der Waals surface area contributed by atoms with Crippen LogP contribution in [-0.2, 0) is 23.9 Å². The number of allylic oxidation sites excluding steroid dienone is 2. The van der Waals surface area contributed by atoms with Gasteiger partial charge in [0.15, 0.2) is 12.4 Å². The molecule has 3 fully saturated rings. The number of carbonyl (C=O) groups excluding carboxylic acids is 3. The molecule has 2 saturated carbocycles. The summed E-state index contributed by atoms with van der Waals surface area (Å²) in [5.41, 5.74) is -1.72. The number of esters is 1. The predicted octanol–water partition coefficient (Wildman–Crippen LogP) is 2.53. The molecule has 0 aromatic heterocycles. The lowest BCUT2D eigenvalue weighted by atomic mass is 9.47. The summed E-state index contributed by atoms with van der Waals surface area (Å²) < 4.78 is 11.4. The highest BCUT2D eigenvalue weighted by Gasteiger charge is 2.81. The van der Waals surface area contributed by atoms with Crippen molar-refractivity contribution in [3.8, 4) is 0 Å². The molecule has 5 aliphatic rings. The maximum Gasteiger partial charge on any atom is 0.303 e. The van der Waals surface area contributed by atoms with Gasteiger partial charge in [0.05, 0.1) is 6.10 Å². The summed E-state index contributed by atoms with van der Waals surface area (Å²) in [5.74, 6) is -0.754. The third kappa shape index (κ3) is 2.14. The molecule has 0 amide bonds. The minimum Gasteiger partial charge on any atom is -0.458 e. The Morgan fingerprint density at radius 1 is 1.30 bits per heavy atom. The summed E-state index contributed by atoms with van der Waals surface area (Å²) in [4.78, 5) is 36.4. The van der Waals surface area contributed by atoms with Crippen molar-refractivity contribution < 1.29 is 29.0 Å². The van der Waals surface area contributed by atoms with Crippen molar-refractivity contribution in [3.05, 3.63) is 23.8 Å². The maximum absolute atomic E-state index is 13.1. The summed E-state index contributed by atoms with van der Waals surface area (Å²) >= 11 is 0. The van der Waals surface area contributed by atoms with Crippen LogP contribution in [0.3, 0.4) is 0 Å². The topological polar surface area (TPSA) is 93.2 Å². The highest BCUT2D eigenvalue weighted by Crippen LogP contribution is 2.75. The molecule has 0 radical (unpaired) electrons. The molecule has 30 heavy (non-hydrogen) atoms. The van der Waals surface area contributed by atoms with Gasteiger partial charge in [-0.2, -0.15) is 0 Å². The van der Waals surface area contributed by atoms with Crippen LogP contribution in [0.5, 0.6) is 0 Å². The van der Waals surface area contributed by atoms with Crippen LogP contribution in [0.15, 0.2) is 23.8 Å². The van der Waals surface area contributed by atoms with E-state index in [1.807, 2.05) is 19.9 Å². The normalized spacial score (nSPS) is 50.6. The summed E-state index contributed by atoms with van der Waals surface area (Å²) in [6.45, 7) is 6.99. The van der Waals surface area contributed by atoms with Gasteiger partial charge in [0.1, 0.15) is 11.2 Å². The zero-order valence-corrected chi connectivity index (χ0v) is 18.1. The molecule has 2 unspecified atom stereocenters. The van der Waals surface area contributed by atoms with Gasteiger partial charge in [0, 0.05) is 24.2 Å². The quantitative estimate of drug-likeness (QED) is 0.433. The first kappa shape index (κ1) is 20.1. The molecule has 1 heterocycles. The van der Waals surface area contributed by atoms with Crippen molar-refractivity contribution in [2.45, 2.75) is 70.7 Å². The van der Waals surface area contributed by atoms with E-state index in [0.717, 1.165) is 18.4 Å². The smallest absolute Gasteiger partial charge is 0.303 e. The van der Waals surface area contributed by atoms with E-state index in [1.54, 1.807) is 6.08 Å². The van der Waals surface area contributed by atoms with Gasteiger partial charge in [0.2, 0.25) is 5.78 Å². The second-order valence-corrected chi connectivity index (χ2v) is 10.5. The van der Waals surface area contributed by atoms with E-state index in [4.69, 9.17) is 9.47 Å². The molecule has 8 atom stereocenters. The van der Waals surface area contributed by atoms with Crippen molar-refractivity contribution in [2.75, 3.05) is 6.61 Å². The second kappa shape index (κ2) is 5.92. The van der Waals surface area contributed by atoms with Crippen molar-refractivity contribution in [2.24, 2.45) is 28.6 Å². The number of Topliss-reactive ketones (excluding diaryl/α,β-unsaturated/α-hetero) is 1. The summed E-state index contributed by atoms with van der Waals surface area (Å²) in [5, 5.41) is 11.8. The first-order chi connectivity index (χ1) is 14.0. The van der Waals surface area contributed by atoms with Crippen LogP contribution in [0.25, 0.3) is 0 Å². The van der Waals surface area contributed by atoms with Gasteiger partial charge in [-0.05, 0) is 50.0 Å². The van der Waals surface area contributed by atoms with Crippen LogP contribution < -0.4 is 0 Å². The number of ether oxygens (including phenoxy) is 2. The molecule has 0 bridgehead atoms. The Bertz CT molecular complexity index is 919. The number of aliphatic hydroxyl groups is 1. The molecule has 0 aromatic carbocycles. The lowest BCUT2D eigenvalue weighted by Gasteiger charge is -2.54. The highest BCUT2D eigenvalue weighted by atomic mass is 16.6. The zero-order chi connectivity index (χ0) is 21.7. The van der Waals surface area contributed by atoms with Gasteiger partial charge in [-0.15, -0.1) is 0 Å². The molecule has 5 rings (SSSR count). The number of hydrogen-bond acceptors (Lipinski definition) is 6. The monoisotopic (exact) mass is 414 g/mol. The third-order valence-corrected chi connectivity index (χ3v) is 9.31. The van der Waals surface area contributed by atoms with E-state index >= 15 is 0 Å². The van der Waals surface area contributed by atoms with E-state index in [9.17, 15) is 19.5 Å². The van der Waals surface area contributed by atoms with Crippen LogP contribution in [0, 0.1) is 28.6 Å². The average Bonchev–Trinajstić information content (AvgIpc) is 3.36. The molecular weight excluding hydrogens is 384 g/mol. The van der Waals surface area contributed by atoms with Crippen molar-refractivity contribution in [1.29, 1.82) is 0 Å². The zero-order valence-electron chi connectivity index (χ0n) is 18.1. The fourth-order valence-electron chi connectivity index (χ4n) is 7.76. The van der Waals surface area contributed by atoms with E-state index in [1.165, 1.54) is 6.92 Å². The second-order valence-electron chi connectivity index (χ2n) is 10.5. The number of hydrogen-bond donors (Lipinski definition) is 1. The molecule has 1 saturated heterocycles. The number of epoxide rings is 1. The lowest BCUT2D eigenvalue weighted by molar-refractivity contribution is -0.170. The van der Waals surface area contributed by atoms with Crippen LogP contribution >= 0.6 is 0 Å². The van der Waals surface area contributed by atoms with Crippen molar-refractivity contribution >= 4 is 17.5 Å². The minimum absolute atomic E-state index is 0.0614. The van der Waals surface area contributed by atoms with Gasteiger partial charge in [-0.3, -0.25) is 14.4 Å². The molecule has 1 aliphatic heterocycles. The summed E-state index contributed by atoms with van der Waals surface area (Å²) in [7, 11) is 0. The number of rotatable bonds is 3. The minimum atomic E-state index is -1.55. The van der Waals surface area contributed by atoms with Crippen molar-refractivity contribution in [1.82, 2.24) is 0 Å². The standard InChI is InChI=1S/C24H30O6/c1-13-9-18-17-6-5-15-10-16(26)7-8-21(15,3)24(17)20(30-24)11-22(18,4)23(13,28)19(27)12-29-14(2)25/h5,7-8,13,17-18,20,28H,6,9-12H2,1-4H3/t13-,17?,18?,20-,21-,22-,23-,24+/m0/s1. The van der Waals surface area contributed by atoms with E-state index in [-0.39, 0.29) is 40.7 Å². The largest absolute Gasteiger partial charge is 0.458 e. The molecular formula is C24H30O6. The SMILES string of the molecule is CC(=O)OCC(=O)[C@@]1(O)[C@@H](C)CC2C3CC=C4CC(=O)C=C[C@]4(C)[C@@]34O[C@H]4C[C@@]21C. The van der Waals surface area contributed by atoms with Crippen LogP contribution in [0.1, 0.15) is 53.4 Å². The van der Waals surface area contributed by atoms with E-state index in [2.05, 4.69) is 13.0 Å². The number of carbonyl (C=O) groups is 3. The van der Waals surface area contributed by atoms with E-state index in [0.29, 0.717) is 12.8 Å². The Labute approximate surface area is 176 Å². The predicted molar refractivity (Wildman–Crippen MR) is 107 cm³/mol. The Hall–Kier alpha value is -1.79. The molecule has 4 aliphatic carbocycles. The summed E-state index contributed by atoms with van der Waals surface area (Å²) in [6, 6.07) is 0. The molecule has 0 aromatic rings. The van der Waals surface area contributed by atoms with Crippen LogP contribution in [0.4, 0.5) is 0 Å². The average molecular weight is 414 g/mol. The fourth-order valence-corrected chi connectivity index (χ4v) is 7.76. The highest BCUT2D eigenvalue weighted by molar-refractivity contribution is 5.94. The molecule has 6 nitrogen and oxygen atoms in total. The van der Waals surface area contributed by atoms with Crippen molar-refractivity contribution in [3.63, 3.8) is 0 Å². The van der Waals surface area contributed by atoms with Gasteiger partial charge in [-0.1, -0.05) is 31.6 Å². The fraction of sp³-hybridized carbons (Fsp3) is 0.708. The van der Waals surface area contributed by atoms with Gasteiger partial charge < -0.3 is 14.6 Å². The molecule has 1 spiro atoms. The maximum atomic E-state index is 13.1. The molecule has 6 heteroatoms. The Kier molecular flexibility index (Phi) is 3.97. The summed E-state index contributed by atoms with van der Waals surface area (Å²) in [6.07, 6.45) is 8.41.